The molecule has 1 atom stereocenters. The van der Waals surface area contributed by atoms with Gasteiger partial charge in [0.2, 0.25) is 5.91 Å². The van der Waals surface area contributed by atoms with E-state index in [1.807, 2.05) is 19.9 Å². The van der Waals surface area contributed by atoms with E-state index in [-0.39, 0.29) is 24.3 Å². The molecule has 1 saturated carbocycles. The standard InChI is InChI=1S/C14H22N2O3/c1-10(2)14(3,13(18)19)9-12(17)16(8-4-7-15)11-5-6-11/h10-11H,4-6,8-9H2,1-3H3,(H,18,19). The number of carboxylic acid groups (broad SMARTS) is 1. The van der Waals surface area contributed by atoms with Gasteiger partial charge in [0.25, 0.3) is 0 Å². The van der Waals surface area contributed by atoms with Crippen molar-refractivity contribution in [2.45, 2.75) is 52.5 Å². The fourth-order valence-corrected chi connectivity index (χ4v) is 2.01. The molecule has 0 aromatic carbocycles. The van der Waals surface area contributed by atoms with Gasteiger partial charge in [-0.3, -0.25) is 9.59 Å². The van der Waals surface area contributed by atoms with E-state index in [1.54, 1.807) is 11.8 Å². The molecule has 1 amide bonds. The van der Waals surface area contributed by atoms with Gasteiger partial charge in [-0.15, -0.1) is 0 Å². The third-order valence-corrected chi connectivity index (χ3v) is 4.05. The van der Waals surface area contributed by atoms with E-state index in [4.69, 9.17) is 5.26 Å². The van der Waals surface area contributed by atoms with Crippen LogP contribution in [0, 0.1) is 22.7 Å². The molecule has 0 saturated heterocycles. The third kappa shape index (κ3) is 3.69. The predicted molar refractivity (Wildman–Crippen MR) is 70.2 cm³/mol. The topological polar surface area (TPSA) is 81.4 Å². The summed E-state index contributed by atoms with van der Waals surface area (Å²) in [6, 6.07) is 2.25. The Morgan fingerprint density at radius 3 is 2.42 bits per heavy atom. The molecule has 5 heteroatoms. The van der Waals surface area contributed by atoms with Crippen LogP contribution in [0.3, 0.4) is 0 Å². The first-order chi connectivity index (χ1) is 8.82. The minimum Gasteiger partial charge on any atom is -0.481 e. The molecule has 1 unspecified atom stereocenters. The molecule has 5 nitrogen and oxygen atoms in total. The van der Waals surface area contributed by atoms with Crippen LogP contribution in [0.15, 0.2) is 0 Å². The average molecular weight is 266 g/mol. The van der Waals surface area contributed by atoms with Gasteiger partial charge in [0.1, 0.15) is 0 Å². The highest BCUT2D eigenvalue weighted by molar-refractivity contribution is 5.85. The van der Waals surface area contributed by atoms with Crippen LogP contribution in [-0.4, -0.2) is 34.5 Å². The van der Waals surface area contributed by atoms with Crippen molar-refractivity contribution in [2.75, 3.05) is 6.54 Å². The summed E-state index contributed by atoms with van der Waals surface area (Å²) in [6.07, 6.45) is 2.22. The average Bonchev–Trinajstić information content (AvgIpc) is 3.13. The van der Waals surface area contributed by atoms with E-state index in [9.17, 15) is 14.7 Å². The number of carbonyl (C=O) groups excluding carboxylic acids is 1. The number of amides is 1. The summed E-state index contributed by atoms with van der Waals surface area (Å²) in [5, 5.41) is 18.0. The predicted octanol–water partition coefficient (Wildman–Crippen LogP) is 2.03. The van der Waals surface area contributed by atoms with E-state index in [1.165, 1.54) is 0 Å². The van der Waals surface area contributed by atoms with E-state index >= 15 is 0 Å². The van der Waals surface area contributed by atoms with E-state index < -0.39 is 11.4 Å². The summed E-state index contributed by atoms with van der Waals surface area (Å²) >= 11 is 0. The van der Waals surface area contributed by atoms with Gasteiger partial charge in [-0.1, -0.05) is 13.8 Å². The molecule has 106 valence electrons. The van der Waals surface area contributed by atoms with Crippen molar-refractivity contribution in [3.05, 3.63) is 0 Å². The third-order valence-electron chi connectivity index (χ3n) is 4.05. The molecular weight excluding hydrogens is 244 g/mol. The highest BCUT2D eigenvalue weighted by Crippen LogP contribution is 2.34. The van der Waals surface area contributed by atoms with Crippen LogP contribution in [0.25, 0.3) is 0 Å². The summed E-state index contributed by atoms with van der Waals surface area (Å²) < 4.78 is 0. The van der Waals surface area contributed by atoms with Crippen LogP contribution in [0.5, 0.6) is 0 Å². The number of nitrogens with zero attached hydrogens (tertiary/aromatic N) is 2. The minimum atomic E-state index is -1.04. The van der Waals surface area contributed by atoms with Gasteiger partial charge in [0.15, 0.2) is 0 Å². The fraction of sp³-hybridized carbons (Fsp3) is 0.786. The Labute approximate surface area is 114 Å². The van der Waals surface area contributed by atoms with Crippen LogP contribution in [-0.2, 0) is 9.59 Å². The van der Waals surface area contributed by atoms with Crippen molar-refractivity contribution < 1.29 is 14.7 Å². The molecule has 0 bridgehead atoms. The molecule has 0 radical (unpaired) electrons. The Hall–Kier alpha value is -1.57. The van der Waals surface area contributed by atoms with Gasteiger partial charge < -0.3 is 10.0 Å². The first-order valence-electron chi connectivity index (χ1n) is 6.72. The monoisotopic (exact) mass is 266 g/mol. The number of hydrogen-bond acceptors (Lipinski definition) is 3. The second-order valence-corrected chi connectivity index (χ2v) is 5.78. The van der Waals surface area contributed by atoms with Crippen LogP contribution in [0.4, 0.5) is 0 Å². The van der Waals surface area contributed by atoms with Crippen molar-refractivity contribution in [3.63, 3.8) is 0 Å². The molecule has 0 heterocycles. The molecule has 1 rings (SSSR count). The lowest BCUT2D eigenvalue weighted by atomic mass is 9.76. The van der Waals surface area contributed by atoms with Crippen LogP contribution in [0.2, 0.25) is 0 Å². The van der Waals surface area contributed by atoms with E-state index in [0.717, 1.165) is 12.8 Å². The number of carboxylic acids is 1. The lowest BCUT2D eigenvalue weighted by molar-refractivity contribution is -0.155. The quantitative estimate of drug-likeness (QED) is 0.764. The van der Waals surface area contributed by atoms with Crippen molar-refractivity contribution in [1.82, 2.24) is 4.90 Å². The second kappa shape index (κ2) is 6.05. The molecule has 1 aliphatic carbocycles. The van der Waals surface area contributed by atoms with Gasteiger partial charge in [-0.25, -0.2) is 0 Å². The molecule has 1 N–H and O–H groups in total. The number of nitriles is 1. The maximum absolute atomic E-state index is 12.3. The smallest absolute Gasteiger partial charge is 0.310 e. The summed E-state index contributed by atoms with van der Waals surface area (Å²) in [4.78, 5) is 25.4. The van der Waals surface area contributed by atoms with Crippen molar-refractivity contribution in [2.24, 2.45) is 11.3 Å². The lowest BCUT2D eigenvalue weighted by Gasteiger charge is -2.31. The molecule has 0 aromatic rings. The van der Waals surface area contributed by atoms with Crippen molar-refractivity contribution in [3.8, 4) is 6.07 Å². The highest BCUT2D eigenvalue weighted by Gasteiger charge is 2.42. The normalized spacial score (nSPS) is 17.6. The minimum absolute atomic E-state index is 0.00191. The molecule has 0 aliphatic heterocycles. The fourth-order valence-electron chi connectivity index (χ4n) is 2.01. The zero-order valence-electron chi connectivity index (χ0n) is 11.8. The lowest BCUT2D eigenvalue weighted by Crippen LogP contribution is -2.42. The molecule has 1 aliphatic rings. The van der Waals surface area contributed by atoms with Gasteiger partial charge in [-0.2, -0.15) is 5.26 Å². The van der Waals surface area contributed by atoms with E-state index in [2.05, 4.69) is 0 Å². The number of hydrogen-bond donors (Lipinski definition) is 1. The Kier molecular flexibility index (Phi) is 4.93. The van der Waals surface area contributed by atoms with Gasteiger partial charge >= 0.3 is 5.97 Å². The van der Waals surface area contributed by atoms with Crippen LogP contribution < -0.4 is 0 Å². The Bertz CT molecular complexity index is 396. The summed E-state index contributed by atoms with van der Waals surface area (Å²) in [5.41, 5.74) is -1.04. The van der Waals surface area contributed by atoms with Crippen LogP contribution >= 0.6 is 0 Å². The Morgan fingerprint density at radius 1 is 1.47 bits per heavy atom. The van der Waals surface area contributed by atoms with E-state index in [0.29, 0.717) is 13.0 Å². The highest BCUT2D eigenvalue weighted by atomic mass is 16.4. The molecular formula is C14H22N2O3. The van der Waals surface area contributed by atoms with Crippen molar-refractivity contribution in [1.29, 1.82) is 5.26 Å². The second-order valence-electron chi connectivity index (χ2n) is 5.78. The van der Waals surface area contributed by atoms with Gasteiger partial charge in [-0.05, 0) is 25.7 Å². The molecule has 19 heavy (non-hydrogen) atoms. The first kappa shape index (κ1) is 15.5. The largest absolute Gasteiger partial charge is 0.481 e. The maximum Gasteiger partial charge on any atom is 0.310 e. The molecule has 0 spiro atoms. The first-order valence-corrected chi connectivity index (χ1v) is 6.72. The number of aliphatic carboxylic acids is 1. The van der Waals surface area contributed by atoms with Gasteiger partial charge in [0, 0.05) is 19.0 Å². The van der Waals surface area contributed by atoms with Crippen LogP contribution in [0.1, 0.15) is 46.5 Å². The SMILES string of the molecule is CC(C)C(C)(CC(=O)N(CCC#N)C1CC1)C(=O)O. The maximum atomic E-state index is 12.3. The zero-order valence-corrected chi connectivity index (χ0v) is 11.8. The Morgan fingerprint density at radius 2 is 2.05 bits per heavy atom. The molecule has 1 fully saturated rings. The van der Waals surface area contributed by atoms with Gasteiger partial charge in [0.05, 0.1) is 17.9 Å². The number of carbonyl (C=O) groups is 2. The number of rotatable bonds is 7. The summed E-state index contributed by atoms with van der Waals surface area (Å²) in [6.45, 7) is 5.66. The van der Waals surface area contributed by atoms with Crippen molar-refractivity contribution >= 4 is 11.9 Å². The summed E-state index contributed by atoms with van der Waals surface area (Å²) in [5.74, 6) is -1.20. The zero-order chi connectivity index (χ0) is 14.6. The summed E-state index contributed by atoms with van der Waals surface area (Å²) in [7, 11) is 0. The Balaban J connectivity index is 2.74. The molecule has 0 aromatic heterocycles.